The SMILES string of the molecule is Cc1ccc(-c2nc(C#N)c3nc(OC(=O)OCc4ccccc4)n(-c4ccccc4C)c3n2)cc1.Cc1ccc(-c2nc(C#N)c3nc(OC(=O)Oc4ccccc4)n(-c4ccccc4C)c3n2)cc1.Cc1ccc(-c2nc(C(=O)O)c3c(n2)N(c2ccccc2C)C(=O)C3)cc1.Cc1ccccc1N1C(=O)Cc2c(C(=O)CO)nc(C(C)C)nc21.Cc1ccccc1N1C(=O)Cc2c(C(=O)O)nc(C(C)C)nc21. The molecule has 10 heterocycles. The molecule has 0 saturated carbocycles. The quantitative estimate of drug-likeness (QED) is 0.0384. The van der Waals surface area contributed by atoms with Gasteiger partial charge in [-0.3, -0.25) is 33.9 Å². The first-order valence-electron chi connectivity index (χ1n) is 45.9. The van der Waals surface area contributed by atoms with Gasteiger partial charge in [0.05, 0.1) is 47.7 Å². The number of nitriles is 2. The number of fused-ring (bicyclic) bond motifs is 5. The van der Waals surface area contributed by atoms with Gasteiger partial charge < -0.3 is 34.3 Å². The molecule has 145 heavy (non-hydrogen) atoms. The molecule has 10 aromatic carbocycles. The van der Waals surface area contributed by atoms with Crippen LogP contribution in [0, 0.1) is 78.1 Å². The third-order valence-electron chi connectivity index (χ3n) is 23.6. The minimum Gasteiger partial charge on any atom is -0.476 e. The molecule has 34 nitrogen and oxygen atoms in total. The molecular weight excluding hydrogens is 1840 g/mol. The summed E-state index contributed by atoms with van der Waals surface area (Å²) in [5, 5.41) is 48.0. The van der Waals surface area contributed by atoms with Crippen molar-refractivity contribution in [2.24, 2.45) is 0 Å². The third kappa shape index (κ3) is 21.5. The number of ether oxygens (including phenoxy) is 4. The first-order valence-corrected chi connectivity index (χ1v) is 45.9. The summed E-state index contributed by atoms with van der Waals surface area (Å²) in [5.74, 6) is 0.0643. The molecule has 0 saturated heterocycles. The molecule has 3 amide bonds. The highest BCUT2D eigenvalue weighted by molar-refractivity contribution is 6.12. The zero-order chi connectivity index (χ0) is 103. The summed E-state index contributed by atoms with van der Waals surface area (Å²) in [6.07, 6.45) is -1.85. The van der Waals surface area contributed by atoms with Crippen molar-refractivity contribution in [1.82, 2.24) is 68.9 Å². The Morgan fingerprint density at radius 2 is 0.683 bits per heavy atom. The average Bonchev–Trinajstić information content (AvgIpc) is 1.64. The van der Waals surface area contributed by atoms with Gasteiger partial charge in [-0.25, -0.2) is 78.2 Å². The van der Waals surface area contributed by atoms with Crippen molar-refractivity contribution in [3.63, 3.8) is 0 Å². The first-order chi connectivity index (χ1) is 69.8. The van der Waals surface area contributed by atoms with E-state index in [2.05, 4.69) is 62.0 Å². The van der Waals surface area contributed by atoms with E-state index in [4.69, 9.17) is 28.9 Å². The third-order valence-corrected chi connectivity index (χ3v) is 23.6. The maximum Gasteiger partial charge on any atom is 0.521 e. The molecule has 34 heteroatoms. The predicted molar refractivity (Wildman–Crippen MR) is 539 cm³/mol. The minimum absolute atomic E-state index is 0.00365. The van der Waals surface area contributed by atoms with Crippen molar-refractivity contribution in [1.29, 1.82) is 10.5 Å². The van der Waals surface area contributed by atoms with Gasteiger partial charge in [0, 0.05) is 45.2 Å². The summed E-state index contributed by atoms with van der Waals surface area (Å²) in [7, 11) is 0. The fourth-order valence-electron chi connectivity index (χ4n) is 16.1. The number of nitrogens with zero attached hydrogens (tertiary/aromatic N) is 19. The van der Waals surface area contributed by atoms with E-state index in [1.807, 2.05) is 314 Å². The largest absolute Gasteiger partial charge is 0.521 e. The number of aromatic nitrogens is 14. The number of ketones is 1. The van der Waals surface area contributed by atoms with Gasteiger partial charge in [0.15, 0.2) is 51.5 Å². The molecule has 0 atom stereocenters. The number of Topliss-reactive ketones (excluding diaryl/α,β-unsaturated/α-hetero) is 1. The second kappa shape index (κ2) is 43.2. The van der Waals surface area contributed by atoms with E-state index in [0.29, 0.717) is 103 Å². The zero-order valence-electron chi connectivity index (χ0n) is 80.7. The van der Waals surface area contributed by atoms with E-state index in [1.165, 1.54) is 9.80 Å². The van der Waals surface area contributed by atoms with E-state index in [0.717, 1.165) is 72.6 Å². The van der Waals surface area contributed by atoms with Crippen LogP contribution in [0.15, 0.2) is 255 Å². The number of amides is 3. The van der Waals surface area contributed by atoms with Gasteiger partial charge in [-0.2, -0.15) is 20.5 Å². The predicted octanol–water partition coefficient (Wildman–Crippen LogP) is 20.0. The number of hydrogen-bond donors (Lipinski definition) is 3. The topological polar surface area (TPSA) is 456 Å². The van der Waals surface area contributed by atoms with E-state index in [9.17, 15) is 64.2 Å². The summed E-state index contributed by atoms with van der Waals surface area (Å²) in [5.41, 5.74) is 16.8. The zero-order valence-corrected chi connectivity index (χ0v) is 80.7. The number of para-hydroxylation sites is 6. The van der Waals surface area contributed by atoms with Crippen LogP contribution in [0.4, 0.5) is 44.1 Å². The molecule has 20 rings (SSSR count). The molecule has 7 aromatic heterocycles. The molecule has 0 bridgehead atoms. The Labute approximate surface area is 831 Å². The van der Waals surface area contributed by atoms with Crippen molar-refractivity contribution in [2.75, 3.05) is 21.3 Å². The minimum atomic E-state index is -1.17. The Morgan fingerprint density at radius 1 is 0.359 bits per heavy atom. The standard InChI is InChI=1S/C28H21N5O3.C27H19N5O3.C21H17N3O3.C18H19N3O3.C17H17N3O3/c1-18-12-14-21(15-13-18)25-30-22(16-29)24-26(32-25)33(23-11-7-6-8-19(23)2)27(31-24)36-28(34)35-17-20-9-4-3-5-10-20;1-17-12-14-19(15-13-17)24-29-21(16-28)23-25(31-24)32(22-11-7-6-8-18(22)2)26(30-23)35-27(33)34-20-9-4-3-5-10-20;1-12-7-9-14(10-8-12)19-22-18(21(26)27)15-11-17(25)24(20(15)23-19)16-6-4-3-5-13(16)2;1-10(2)17-19-16(14(23)9-22)12-8-15(24)21(18(12)20-17)13-7-5-4-6-11(13)3;1-9(2)15-18-14(17(22)23)11-8-13(21)20(16(11)19-15)12-7-5-4-6-10(12)3/h3-15H,17H2,1-2H3;3-15H,1-2H3;3-10H,11H2,1-2H3,(H,26,27);4-7,10,22H,8-9H2,1-3H3;4-7,9H,8H2,1-3H3,(H,22,23). The lowest BCUT2D eigenvalue weighted by Crippen LogP contribution is -2.22. The van der Waals surface area contributed by atoms with Crippen molar-refractivity contribution in [3.05, 3.63) is 362 Å². The number of rotatable bonds is 19. The summed E-state index contributed by atoms with van der Waals surface area (Å²) < 4.78 is 24.8. The van der Waals surface area contributed by atoms with Crippen LogP contribution in [0.5, 0.6) is 17.8 Å². The van der Waals surface area contributed by atoms with Crippen LogP contribution in [-0.2, 0) is 45.0 Å². The molecule has 3 aliphatic rings. The van der Waals surface area contributed by atoms with E-state index in [1.54, 1.807) is 38.3 Å². The first kappa shape index (κ1) is 99.1. The molecule has 0 fully saturated rings. The smallest absolute Gasteiger partial charge is 0.476 e. The number of carbonyl (C=O) groups excluding carboxylic acids is 6. The van der Waals surface area contributed by atoms with Crippen LogP contribution in [0.1, 0.15) is 161 Å². The van der Waals surface area contributed by atoms with Crippen molar-refractivity contribution in [2.45, 2.75) is 121 Å². The maximum atomic E-state index is 12.7. The van der Waals surface area contributed by atoms with Gasteiger partial charge in [0.2, 0.25) is 23.5 Å². The van der Waals surface area contributed by atoms with Crippen LogP contribution in [-0.4, -0.2) is 139 Å². The van der Waals surface area contributed by atoms with Gasteiger partial charge in [-0.05, 0) is 131 Å². The summed E-state index contributed by atoms with van der Waals surface area (Å²) in [6, 6.07) is 82.3. The van der Waals surface area contributed by atoms with Crippen LogP contribution in [0.2, 0.25) is 0 Å². The number of aliphatic hydroxyl groups is 1. The van der Waals surface area contributed by atoms with Crippen LogP contribution >= 0.6 is 0 Å². The molecule has 0 aliphatic carbocycles. The van der Waals surface area contributed by atoms with Crippen LogP contribution in [0.3, 0.4) is 0 Å². The fraction of sp³-hybridized carbons (Fsp3) is 0.171. The normalized spacial score (nSPS) is 12.0. The lowest BCUT2D eigenvalue weighted by atomic mass is 10.1. The van der Waals surface area contributed by atoms with Gasteiger partial charge >= 0.3 is 36.3 Å². The Hall–Kier alpha value is -19.0. The second-order valence-electron chi connectivity index (χ2n) is 34.6. The number of imidazole rings is 2. The monoisotopic (exact) mass is 1930 g/mol. The molecule has 3 N–H and O–H groups in total. The van der Waals surface area contributed by atoms with Gasteiger partial charge in [-0.15, -0.1) is 0 Å². The van der Waals surface area contributed by atoms with Crippen molar-refractivity contribution < 1.29 is 72.6 Å². The summed E-state index contributed by atoms with van der Waals surface area (Å²) >= 11 is 0. The lowest BCUT2D eigenvalue weighted by Gasteiger charge is -2.20. The molecule has 0 radical (unpaired) electrons. The number of aryl methyl sites for hydroxylation is 8. The van der Waals surface area contributed by atoms with E-state index in [-0.39, 0.29) is 107 Å². The number of carboxylic acid groups (broad SMARTS) is 2. The maximum absolute atomic E-state index is 12.7. The molecule has 722 valence electrons. The van der Waals surface area contributed by atoms with E-state index >= 15 is 0 Å². The van der Waals surface area contributed by atoms with Crippen molar-refractivity contribution in [3.8, 4) is 75.4 Å². The lowest BCUT2D eigenvalue weighted by molar-refractivity contribution is -0.117. The fourth-order valence-corrected chi connectivity index (χ4v) is 16.1. The molecule has 0 spiro atoms. The number of aliphatic hydroxyl groups excluding tert-OH is 1. The molecule has 3 aliphatic heterocycles. The number of anilines is 6. The number of carbonyl (C=O) groups is 8. The Morgan fingerprint density at radius 3 is 1.04 bits per heavy atom. The Kier molecular flexibility index (Phi) is 29.5. The number of aromatic carboxylic acids is 2. The van der Waals surface area contributed by atoms with Crippen LogP contribution < -0.4 is 28.9 Å². The van der Waals surface area contributed by atoms with Gasteiger partial charge in [0.1, 0.15) is 76.9 Å². The highest BCUT2D eigenvalue weighted by Crippen LogP contribution is 2.43. The van der Waals surface area contributed by atoms with Crippen molar-refractivity contribution >= 4 is 105 Å². The molecule has 0 unspecified atom stereocenters. The number of benzene rings is 10. The highest BCUT2D eigenvalue weighted by Gasteiger charge is 2.40. The van der Waals surface area contributed by atoms with Gasteiger partial charge in [-0.1, -0.05) is 257 Å². The Balaban J connectivity index is 0.000000131. The summed E-state index contributed by atoms with van der Waals surface area (Å²) in [6.45, 7) is 22.5. The highest BCUT2D eigenvalue weighted by atomic mass is 16.7. The average molecular weight is 1930 g/mol. The second-order valence-corrected chi connectivity index (χ2v) is 34.6. The number of hydrogen-bond acceptors (Lipinski definition) is 27. The molecular formula is C111H93N19O15. The molecule has 17 aromatic rings. The number of carboxylic acids is 2. The van der Waals surface area contributed by atoms with Crippen LogP contribution in [0.25, 0.3) is 67.9 Å². The Bertz CT molecular complexity index is 8040. The summed E-state index contributed by atoms with van der Waals surface area (Å²) in [4.78, 5) is 156. The van der Waals surface area contributed by atoms with E-state index < -0.39 is 36.6 Å². The van der Waals surface area contributed by atoms with Gasteiger partial charge in [0.25, 0.3) is 0 Å².